The molecule has 1 N–H and O–H groups in total. The van der Waals surface area contributed by atoms with Crippen LogP contribution in [0, 0.1) is 5.41 Å². The molecule has 0 radical (unpaired) electrons. The Balaban J connectivity index is 2.58. The lowest BCUT2D eigenvalue weighted by Crippen LogP contribution is -2.14. The Morgan fingerprint density at radius 3 is 2.32 bits per heavy atom. The van der Waals surface area contributed by atoms with Crippen LogP contribution in [0.3, 0.4) is 0 Å². The summed E-state index contributed by atoms with van der Waals surface area (Å²) in [6.07, 6.45) is -3.17. The van der Waals surface area contributed by atoms with Crippen molar-refractivity contribution in [1.82, 2.24) is 0 Å². The smallest absolute Gasteiger partial charge is 0.384 e. The van der Waals surface area contributed by atoms with Gasteiger partial charge in [-0.05, 0) is 24.0 Å². The number of benzene rings is 1. The van der Waals surface area contributed by atoms with Gasteiger partial charge in [-0.2, -0.15) is 13.2 Å². The summed E-state index contributed by atoms with van der Waals surface area (Å²) in [4.78, 5) is 0.647. The van der Waals surface area contributed by atoms with Gasteiger partial charge in [-0.15, -0.1) is 11.8 Å². The molecule has 0 atom stereocenters. The molecule has 0 aliphatic heterocycles. The van der Waals surface area contributed by atoms with E-state index < -0.39 is 11.9 Å². The maximum atomic E-state index is 12.2. The fraction of sp³-hybridized carbons (Fsp3) is 0.571. The third kappa shape index (κ3) is 7.35. The molecule has 0 spiro atoms. The van der Waals surface area contributed by atoms with E-state index in [1.54, 1.807) is 12.1 Å². The lowest BCUT2D eigenvalue weighted by atomic mass is 9.92. The van der Waals surface area contributed by atoms with Crippen LogP contribution in [-0.4, -0.2) is 18.5 Å². The van der Waals surface area contributed by atoms with Crippen molar-refractivity contribution in [3.05, 3.63) is 24.3 Å². The van der Waals surface area contributed by atoms with Gasteiger partial charge in [-0.3, -0.25) is 0 Å². The molecule has 0 aliphatic rings. The van der Waals surface area contributed by atoms with Gasteiger partial charge in [0.2, 0.25) is 0 Å². The molecule has 0 aliphatic carbocycles. The van der Waals surface area contributed by atoms with Gasteiger partial charge in [-0.1, -0.05) is 32.9 Å². The van der Waals surface area contributed by atoms with Gasteiger partial charge in [0.1, 0.15) is 0 Å². The Labute approximate surface area is 117 Å². The molecular weight excluding hydrogens is 271 g/mol. The molecule has 0 bridgehead atoms. The number of hydrogen-bond acceptors (Lipinski definition) is 2. The van der Waals surface area contributed by atoms with E-state index >= 15 is 0 Å². The average molecular weight is 291 g/mol. The first-order chi connectivity index (χ1) is 8.67. The summed E-state index contributed by atoms with van der Waals surface area (Å²) < 4.78 is 36.7. The van der Waals surface area contributed by atoms with Gasteiger partial charge in [0.05, 0.1) is 5.75 Å². The zero-order valence-electron chi connectivity index (χ0n) is 11.5. The second-order valence-corrected chi connectivity index (χ2v) is 6.65. The quantitative estimate of drug-likeness (QED) is 0.749. The van der Waals surface area contributed by atoms with E-state index in [9.17, 15) is 13.2 Å². The number of nitrogens with one attached hydrogen (secondary N) is 1. The van der Waals surface area contributed by atoms with Crippen LogP contribution in [0.4, 0.5) is 18.9 Å². The molecule has 0 amide bonds. The van der Waals surface area contributed by atoms with Crippen LogP contribution in [0.15, 0.2) is 29.2 Å². The molecule has 0 saturated carbocycles. The number of alkyl halides is 3. The molecule has 0 heterocycles. The number of para-hydroxylation sites is 1. The van der Waals surface area contributed by atoms with Crippen LogP contribution in [0.5, 0.6) is 0 Å². The minimum atomic E-state index is -4.14. The molecule has 0 unspecified atom stereocenters. The van der Waals surface area contributed by atoms with Crippen molar-refractivity contribution in [2.45, 2.75) is 38.3 Å². The highest BCUT2D eigenvalue weighted by Crippen LogP contribution is 2.32. The van der Waals surface area contributed by atoms with Crippen LogP contribution in [0.1, 0.15) is 27.2 Å². The summed E-state index contributed by atoms with van der Waals surface area (Å²) in [5, 5.41) is 3.22. The molecule has 5 heteroatoms. The molecule has 0 saturated heterocycles. The van der Waals surface area contributed by atoms with Crippen molar-refractivity contribution in [2.75, 3.05) is 17.6 Å². The van der Waals surface area contributed by atoms with Crippen LogP contribution in [0.2, 0.25) is 0 Å². The topological polar surface area (TPSA) is 12.0 Å². The molecule has 1 rings (SSSR count). The van der Waals surface area contributed by atoms with Crippen LogP contribution >= 0.6 is 11.8 Å². The predicted molar refractivity (Wildman–Crippen MR) is 75.8 cm³/mol. The summed E-state index contributed by atoms with van der Waals surface area (Å²) in [5.41, 5.74) is 0.988. The number of rotatable bonds is 5. The summed E-state index contributed by atoms with van der Waals surface area (Å²) >= 11 is 0.824. The van der Waals surface area contributed by atoms with Crippen LogP contribution in [0.25, 0.3) is 0 Å². The van der Waals surface area contributed by atoms with Crippen LogP contribution < -0.4 is 5.32 Å². The highest BCUT2D eigenvalue weighted by Gasteiger charge is 2.27. The van der Waals surface area contributed by atoms with Gasteiger partial charge in [0.25, 0.3) is 0 Å². The SMILES string of the molecule is CC(C)(C)CCNc1ccccc1SCC(F)(F)F. The van der Waals surface area contributed by atoms with Gasteiger partial charge in [0.15, 0.2) is 0 Å². The lowest BCUT2D eigenvalue weighted by molar-refractivity contribution is -0.105. The molecule has 1 nitrogen and oxygen atoms in total. The van der Waals surface area contributed by atoms with E-state index in [0.29, 0.717) is 4.90 Å². The maximum absolute atomic E-state index is 12.2. The summed E-state index contributed by atoms with van der Waals surface area (Å²) in [6.45, 7) is 7.17. The van der Waals surface area contributed by atoms with Gasteiger partial charge in [0, 0.05) is 17.1 Å². The summed E-state index contributed by atoms with van der Waals surface area (Å²) in [6, 6.07) is 7.13. The molecule has 19 heavy (non-hydrogen) atoms. The Hall–Kier alpha value is -0.840. The fourth-order valence-electron chi connectivity index (χ4n) is 1.47. The van der Waals surface area contributed by atoms with Crippen molar-refractivity contribution in [3.63, 3.8) is 0 Å². The standard InChI is InChI=1S/C14H20F3NS/c1-13(2,3)8-9-18-11-6-4-5-7-12(11)19-10-14(15,16)17/h4-7,18H,8-10H2,1-3H3. The van der Waals surface area contributed by atoms with Crippen molar-refractivity contribution in [3.8, 4) is 0 Å². The molecule has 1 aromatic carbocycles. The Kier molecular flexibility index (Phi) is 5.59. The largest absolute Gasteiger partial charge is 0.398 e. The van der Waals surface area contributed by atoms with E-state index in [1.807, 2.05) is 12.1 Å². The highest BCUT2D eigenvalue weighted by molar-refractivity contribution is 7.99. The molecule has 1 aromatic rings. The normalized spacial score (nSPS) is 12.5. The van der Waals surface area contributed by atoms with Gasteiger partial charge < -0.3 is 5.32 Å². The molecular formula is C14H20F3NS. The van der Waals surface area contributed by atoms with Crippen molar-refractivity contribution < 1.29 is 13.2 Å². The van der Waals surface area contributed by atoms with E-state index in [-0.39, 0.29) is 5.41 Å². The number of thioether (sulfide) groups is 1. The first kappa shape index (κ1) is 16.2. The fourth-order valence-corrected chi connectivity index (χ4v) is 2.26. The Bertz CT molecular complexity index is 396. The van der Waals surface area contributed by atoms with Crippen molar-refractivity contribution >= 4 is 17.4 Å². The van der Waals surface area contributed by atoms with E-state index in [0.717, 1.165) is 30.4 Å². The Morgan fingerprint density at radius 2 is 1.74 bits per heavy atom. The third-order valence-electron chi connectivity index (χ3n) is 2.47. The van der Waals surface area contributed by atoms with Crippen molar-refractivity contribution in [1.29, 1.82) is 0 Å². The minimum Gasteiger partial charge on any atom is -0.384 e. The summed E-state index contributed by atoms with van der Waals surface area (Å²) in [5.74, 6) is -0.856. The molecule has 108 valence electrons. The first-order valence-electron chi connectivity index (χ1n) is 6.20. The highest BCUT2D eigenvalue weighted by atomic mass is 32.2. The average Bonchev–Trinajstić information content (AvgIpc) is 2.25. The maximum Gasteiger partial charge on any atom is 0.398 e. The molecule has 0 aromatic heterocycles. The van der Waals surface area contributed by atoms with Crippen LogP contribution in [-0.2, 0) is 0 Å². The van der Waals surface area contributed by atoms with E-state index in [1.165, 1.54) is 0 Å². The monoisotopic (exact) mass is 291 g/mol. The number of hydrogen-bond donors (Lipinski definition) is 1. The Morgan fingerprint density at radius 1 is 1.11 bits per heavy atom. The number of halogens is 3. The zero-order valence-corrected chi connectivity index (χ0v) is 12.3. The summed E-state index contributed by atoms with van der Waals surface area (Å²) in [7, 11) is 0. The minimum absolute atomic E-state index is 0.209. The second-order valence-electron chi connectivity index (χ2n) is 5.64. The van der Waals surface area contributed by atoms with E-state index in [2.05, 4.69) is 26.1 Å². The first-order valence-corrected chi connectivity index (χ1v) is 7.18. The third-order valence-corrected chi connectivity index (χ3v) is 3.61. The van der Waals surface area contributed by atoms with Gasteiger partial charge in [-0.25, -0.2) is 0 Å². The number of anilines is 1. The zero-order chi connectivity index (χ0) is 14.5. The predicted octanol–water partition coefficient (Wildman–Crippen LogP) is 5.19. The van der Waals surface area contributed by atoms with Gasteiger partial charge >= 0.3 is 6.18 Å². The molecule has 0 fully saturated rings. The van der Waals surface area contributed by atoms with Crippen molar-refractivity contribution in [2.24, 2.45) is 5.41 Å². The second kappa shape index (κ2) is 6.55. The lowest BCUT2D eigenvalue weighted by Gasteiger charge is -2.19. The van der Waals surface area contributed by atoms with E-state index in [4.69, 9.17) is 0 Å².